The summed E-state index contributed by atoms with van der Waals surface area (Å²) in [6.45, 7) is 12.5. The number of nitrogens with two attached hydrogens (primary N) is 1. The number of aromatic nitrogens is 2. The molecule has 1 aliphatic carbocycles. The normalized spacial score (nSPS) is 18.1. The lowest BCUT2D eigenvalue weighted by Gasteiger charge is -2.48. The number of amides is 1. The van der Waals surface area contributed by atoms with E-state index in [1.807, 2.05) is 12.1 Å². The first-order chi connectivity index (χ1) is 21.9. The number of likely N-dealkylation sites (tertiary alicyclic amines) is 1. The molecule has 5 N–H and O–H groups in total. The van der Waals surface area contributed by atoms with Gasteiger partial charge in [-0.2, -0.15) is 0 Å². The van der Waals surface area contributed by atoms with Crippen molar-refractivity contribution < 1.29 is 14.7 Å². The number of H-pyrrole nitrogens is 1. The van der Waals surface area contributed by atoms with Crippen molar-refractivity contribution in [3.8, 4) is 11.1 Å². The maximum Gasteiger partial charge on any atom is 0.290 e. The highest BCUT2D eigenvalue weighted by Crippen LogP contribution is 2.39. The molecule has 9 nitrogen and oxygen atoms in total. The van der Waals surface area contributed by atoms with Gasteiger partial charge in [0.15, 0.2) is 0 Å². The van der Waals surface area contributed by atoms with Gasteiger partial charge >= 0.3 is 0 Å². The van der Waals surface area contributed by atoms with Crippen LogP contribution in [0, 0.1) is 16.7 Å². The zero-order valence-electron chi connectivity index (χ0n) is 27.1. The van der Waals surface area contributed by atoms with Crippen LogP contribution in [0.4, 0.5) is 0 Å². The lowest BCUT2D eigenvalue weighted by Crippen LogP contribution is -2.58. The number of carboxylic acid groups (broad SMARTS) is 1. The van der Waals surface area contributed by atoms with E-state index in [1.54, 1.807) is 6.20 Å². The molecule has 4 aromatic rings. The Morgan fingerprint density at radius 3 is 2.52 bits per heavy atom. The zero-order chi connectivity index (χ0) is 33.1. The fourth-order valence-corrected chi connectivity index (χ4v) is 7.59. The highest BCUT2D eigenvalue weighted by Gasteiger charge is 2.37. The smallest absolute Gasteiger partial charge is 0.290 e. The van der Waals surface area contributed by atoms with Gasteiger partial charge in [0, 0.05) is 54.9 Å². The first-order valence-corrected chi connectivity index (χ1v) is 16.8. The van der Waals surface area contributed by atoms with Crippen molar-refractivity contribution in [2.24, 2.45) is 22.5 Å². The minimum atomic E-state index is -0.250. The number of pyridine rings is 2. The molecule has 0 unspecified atom stereocenters. The van der Waals surface area contributed by atoms with E-state index in [0.717, 1.165) is 72.2 Å². The molecule has 0 radical (unpaired) electrons. The zero-order valence-corrected chi connectivity index (χ0v) is 28.0. The van der Waals surface area contributed by atoms with Crippen LogP contribution in [0.15, 0.2) is 59.5 Å². The minimum Gasteiger partial charge on any atom is -0.483 e. The third kappa shape index (κ3) is 7.74. The van der Waals surface area contributed by atoms with E-state index in [1.165, 1.54) is 28.7 Å². The molecular weight excluding hydrogens is 598 g/mol. The van der Waals surface area contributed by atoms with Gasteiger partial charge in [-0.25, -0.2) is 4.98 Å². The fraction of sp³-hybridized carbons (Fsp3) is 0.444. The predicted molar refractivity (Wildman–Crippen MR) is 184 cm³/mol. The van der Waals surface area contributed by atoms with Crippen molar-refractivity contribution in [3.63, 3.8) is 0 Å². The second-order valence-corrected chi connectivity index (χ2v) is 15.1. The standard InChI is InChI=1S/C35H43N5O2S.CH2O2/c1-34(2,3)27-10-11-28-25(16-27)15-26-17-30(43-33(26)39-28)32(42)38-29(13-14-40-20-35(4,19-36)21-40)23-7-5-22(6-8-23)24-9-12-31(41)37-18-24;2-1-3/h5-9,12,15,17-18,27,29H,10-11,13-14,16,19-21,36H2,1-4H3,(H,37,41)(H,38,42);1H,(H,2,3)/t27-,29+;/m0./s1. The monoisotopic (exact) mass is 643 g/mol. The van der Waals surface area contributed by atoms with Gasteiger partial charge in [0.25, 0.3) is 12.4 Å². The predicted octanol–water partition coefficient (Wildman–Crippen LogP) is 5.65. The Morgan fingerprint density at radius 2 is 1.89 bits per heavy atom. The maximum absolute atomic E-state index is 13.7. The number of hydrogen-bond acceptors (Lipinski definition) is 7. The molecule has 10 heteroatoms. The third-order valence-electron chi connectivity index (χ3n) is 9.49. The van der Waals surface area contributed by atoms with E-state index >= 15 is 0 Å². The van der Waals surface area contributed by atoms with Crippen LogP contribution in [0.2, 0.25) is 0 Å². The first-order valence-electron chi connectivity index (χ1n) is 15.9. The molecule has 6 rings (SSSR count). The summed E-state index contributed by atoms with van der Waals surface area (Å²) in [7, 11) is 0. The van der Waals surface area contributed by atoms with E-state index in [9.17, 15) is 9.59 Å². The number of carbonyl (C=O) groups is 2. The van der Waals surface area contributed by atoms with E-state index in [0.29, 0.717) is 17.3 Å². The number of carbonyl (C=O) groups excluding carboxylic acids is 1. The van der Waals surface area contributed by atoms with E-state index in [2.05, 4.69) is 73.2 Å². The molecule has 0 bridgehead atoms. The average Bonchev–Trinajstić information content (AvgIpc) is 3.44. The molecule has 1 saturated heterocycles. The van der Waals surface area contributed by atoms with Crippen LogP contribution in [-0.2, 0) is 17.6 Å². The van der Waals surface area contributed by atoms with Crippen molar-refractivity contribution in [3.05, 3.63) is 86.8 Å². The molecule has 46 heavy (non-hydrogen) atoms. The SMILES string of the molecule is CC1(CN)CN(CC[C@@H](NC(=O)c2cc3cc4c(nc3s2)CC[C@H](C(C)(C)C)C4)c2ccc(-c3ccc(=O)[nH]c3)cc2)C1.O=CO. The Bertz CT molecular complexity index is 1710. The number of fused-ring (bicyclic) bond motifs is 2. The lowest BCUT2D eigenvalue weighted by atomic mass is 9.71. The summed E-state index contributed by atoms with van der Waals surface area (Å²) >= 11 is 1.49. The number of aromatic amines is 1. The molecular formula is C36H45N5O4S. The average molecular weight is 644 g/mol. The van der Waals surface area contributed by atoms with Gasteiger partial charge in [0.1, 0.15) is 4.83 Å². The van der Waals surface area contributed by atoms with Crippen LogP contribution in [0.1, 0.15) is 73.1 Å². The second-order valence-electron chi connectivity index (χ2n) is 14.1. The number of nitrogens with zero attached hydrogens (tertiary/aromatic N) is 2. The van der Waals surface area contributed by atoms with Gasteiger partial charge in [-0.15, -0.1) is 11.3 Å². The van der Waals surface area contributed by atoms with Crippen LogP contribution >= 0.6 is 11.3 Å². The summed E-state index contributed by atoms with van der Waals surface area (Å²) < 4.78 is 0. The molecule has 0 spiro atoms. The third-order valence-corrected chi connectivity index (χ3v) is 10.5. The number of thiophene rings is 1. The fourth-order valence-electron chi connectivity index (χ4n) is 6.66. The highest BCUT2D eigenvalue weighted by atomic mass is 32.1. The minimum absolute atomic E-state index is 0.0568. The highest BCUT2D eigenvalue weighted by molar-refractivity contribution is 7.20. The lowest BCUT2D eigenvalue weighted by molar-refractivity contribution is -0.122. The maximum atomic E-state index is 13.7. The molecule has 2 atom stereocenters. The van der Waals surface area contributed by atoms with Gasteiger partial charge in [-0.3, -0.25) is 14.4 Å². The number of benzene rings is 1. The van der Waals surface area contributed by atoms with Crippen molar-refractivity contribution >= 4 is 33.9 Å². The Kier molecular flexibility index (Phi) is 10.1. The molecule has 4 heterocycles. The number of nitrogens with one attached hydrogen (secondary N) is 2. The van der Waals surface area contributed by atoms with Gasteiger partial charge in [0.05, 0.1) is 10.9 Å². The van der Waals surface area contributed by atoms with Gasteiger partial charge in [-0.1, -0.05) is 52.0 Å². The van der Waals surface area contributed by atoms with Crippen molar-refractivity contribution in [2.75, 3.05) is 26.2 Å². The summed E-state index contributed by atoms with van der Waals surface area (Å²) in [5.74, 6) is 0.588. The van der Waals surface area contributed by atoms with Crippen LogP contribution in [0.25, 0.3) is 21.3 Å². The molecule has 244 valence electrons. The van der Waals surface area contributed by atoms with Crippen LogP contribution < -0.4 is 16.6 Å². The molecule has 1 aliphatic heterocycles. The Hall–Kier alpha value is -3.86. The van der Waals surface area contributed by atoms with E-state index in [4.69, 9.17) is 20.6 Å². The van der Waals surface area contributed by atoms with Gasteiger partial charge in [-0.05, 0) is 77.5 Å². The van der Waals surface area contributed by atoms with E-state index in [-0.39, 0.29) is 34.8 Å². The number of aryl methyl sites for hydroxylation is 1. The van der Waals surface area contributed by atoms with Crippen LogP contribution in [0.5, 0.6) is 0 Å². The van der Waals surface area contributed by atoms with Crippen molar-refractivity contribution in [1.82, 2.24) is 20.2 Å². The summed E-state index contributed by atoms with van der Waals surface area (Å²) in [4.78, 5) is 45.4. The molecule has 0 saturated carbocycles. The van der Waals surface area contributed by atoms with E-state index < -0.39 is 0 Å². The van der Waals surface area contributed by atoms with Crippen LogP contribution in [0.3, 0.4) is 0 Å². The quantitative estimate of drug-likeness (QED) is 0.182. The summed E-state index contributed by atoms with van der Waals surface area (Å²) in [6.07, 6.45) is 5.75. The van der Waals surface area contributed by atoms with Crippen LogP contribution in [-0.4, -0.2) is 58.5 Å². The topological polar surface area (TPSA) is 141 Å². The first kappa shape index (κ1) is 33.5. The largest absolute Gasteiger partial charge is 0.483 e. The van der Waals surface area contributed by atoms with Crippen molar-refractivity contribution in [2.45, 2.75) is 59.4 Å². The van der Waals surface area contributed by atoms with Crippen molar-refractivity contribution in [1.29, 1.82) is 0 Å². The Morgan fingerprint density at radius 1 is 1.20 bits per heavy atom. The Labute approximate surface area is 274 Å². The molecule has 1 aromatic carbocycles. The molecule has 1 fully saturated rings. The molecule has 3 aromatic heterocycles. The molecule has 2 aliphatic rings. The second kappa shape index (κ2) is 13.9. The number of rotatable bonds is 8. The van der Waals surface area contributed by atoms with Gasteiger partial charge in [0.2, 0.25) is 5.56 Å². The number of hydrogen-bond donors (Lipinski definition) is 4. The molecule has 1 amide bonds. The summed E-state index contributed by atoms with van der Waals surface area (Å²) in [5, 5.41) is 11.3. The Balaban J connectivity index is 0.00000134. The summed E-state index contributed by atoms with van der Waals surface area (Å²) in [5.41, 5.74) is 11.9. The summed E-state index contributed by atoms with van der Waals surface area (Å²) in [6, 6.07) is 15.8. The van der Waals surface area contributed by atoms with Gasteiger partial charge < -0.3 is 26.0 Å².